The number of carbonyl (C=O) groups is 1. The van der Waals surface area contributed by atoms with E-state index in [9.17, 15) is 4.79 Å². The van der Waals surface area contributed by atoms with Gasteiger partial charge in [0, 0.05) is 22.1 Å². The number of carboxylic acid groups (broad SMARTS) is 1. The van der Waals surface area contributed by atoms with Crippen LogP contribution in [0.3, 0.4) is 0 Å². The minimum Gasteiger partial charge on any atom is -0.481 e. The van der Waals surface area contributed by atoms with Crippen molar-refractivity contribution < 1.29 is 9.90 Å². The van der Waals surface area contributed by atoms with Gasteiger partial charge in [-0.1, -0.05) is 13.0 Å². The van der Waals surface area contributed by atoms with E-state index in [0.717, 1.165) is 29.4 Å². The van der Waals surface area contributed by atoms with Crippen molar-refractivity contribution in [3.05, 3.63) is 33.4 Å². The standard InChI is InChI=1S/C16H18BrNO2/c1-9(16(19)20)6-11-7-12-4-3-5-18-10(2)14(17)13(8-11)15(12)18/h7-9H,3-6H2,1-2H3,(H,19,20). The van der Waals surface area contributed by atoms with E-state index in [4.69, 9.17) is 5.11 Å². The van der Waals surface area contributed by atoms with Crippen LogP contribution in [0.1, 0.15) is 30.2 Å². The van der Waals surface area contributed by atoms with E-state index < -0.39 is 5.97 Å². The van der Waals surface area contributed by atoms with E-state index in [1.54, 1.807) is 6.92 Å². The van der Waals surface area contributed by atoms with Crippen LogP contribution in [0.15, 0.2) is 16.6 Å². The molecule has 1 N–H and O–H groups in total. The van der Waals surface area contributed by atoms with E-state index in [1.165, 1.54) is 22.2 Å². The Kier molecular flexibility index (Phi) is 3.36. The molecule has 106 valence electrons. The van der Waals surface area contributed by atoms with Crippen molar-refractivity contribution in [2.45, 2.75) is 39.7 Å². The third kappa shape index (κ3) is 2.06. The van der Waals surface area contributed by atoms with E-state index >= 15 is 0 Å². The number of benzene rings is 1. The molecule has 1 aromatic carbocycles. The SMILES string of the molecule is Cc1c(Br)c2cc(CC(C)C(=O)O)cc3c2n1CCC3. The molecule has 0 radical (unpaired) electrons. The van der Waals surface area contributed by atoms with Crippen molar-refractivity contribution in [1.82, 2.24) is 4.57 Å². The Hall–Kier alpha value is -1.29. The molecule has 1 unspecified atom stereocenters. The first kappa shape index (κ1) is 13.7. The van der Waals surface area contributed by atoms with Crippen molar-refractivity contribution in [2.75, 3.05) is 0 Å². The maximum absolute atomic E-state index is 11.0. The predicted octanol–water partition coefficient (Wildman–Crippen LogP) is 3.92. The van der Waals surface area contributed by atoms with Crippen molar-refractivity contribution in [3.8, 4) is 0 Å². The molecule has 0 fully saturated rings. The van der Waals surface area contributed by atoms with Gasteiger partial charge >= 0.3 is 5.97 Å². The zero-order valence-corrected chi connectivity index (χ0v) is 13.3. The van der Waals surface area contributed by atoms with Crippen LogP contribution in [0.25, 0.3) is 10.9 Å². The van der Waals surface area contributed by atoms with Gasteiger partial charge in [0.1, 0.15) is 0 Å². The lowest BCUT2D eigenvalue weighted by Gasteiger charge is -2.18. The number of aromatic nitrogens is 1. The average Bonchev–Trinajstić information content (AvgIpc) is 2.66. The summed E-state index contributed by atoms with van der Waals surface area (Å²) in [6.07, 6.45) is 2.83. The quantitative estimate of drug-likeness (QED) is 0.923. The molecule has 0 saturated heterocycles. The summed E-state index contributed by atoms with van der Waals surface area (Å²) in [7, 11) is 0. The number of halogens is 1. The molecular formula is C16H18BrNO2. The van der Waals surface area contributed by atoms with Crippen molar-refractivity contribution in [3.63, 3.8) is 0 Å². The zero-order chi connectivity index (χ0) is 14.4. The topological polar surface area (TPSA) is 42.2 Å². The first-order valence-electron chi connectivity index (χ1n) is 7.02. The number of aryl methyl sites for hydroxylation is 2. The summed E-state index contributed by atoms with van der Waals surface area (Å²) in [4.78, 5) is 11.0. The normalized spacial score (nSPS) is 15.6. The highest BCUT2D eigenvalue weighted by molar-refractivity contribution is 9.10. The van der Waals surface area contributed by atoms with Crippen LogP contribution in [-0.2, 0) is 24.2 Å². The maximum atomic E-state index is 11.0. The molecule has 0 amide bonds. The molecule has 0 saturated carbocycles. The van der Waals surface area contributed by atoms with Gasteiger partial charge in [-0.15, -0.1) is 0 Å². The first-order chi connectivity index (χ1) is 9.49. The van der Waals surface area contributed by atoms with E-state index in [1.807, 2.05) is 0 Å². The highest BCUT2D eigenvalue weighted by Crippen LogP contribution is 2.37. The minimum atomic E-state index is -0.730. The van der Waals surface area contributed by atoms with Gasteiger partial charge in [-0.3, -0.25) is 4.79 Å². The largest absolute Gasteiger partial charge is 0.481 e. The van der Waals surface area contributed by atoms with Crippen LogP contribution >= 0.6 is 15.9 Å². The highest BCUT2D eigenvalue weighted by Gasteiger charge is 2.21. The molecule has 3 nitrogen and oxygen atoms in total. The molecule has 1 aliphatic rings. The zero-order valence-electron chi connectivity index (χ0n) is 11.7. The summed E-state index contributed by atoms with van der Waals surface area (Å²) in [5.41, 5.74) is 5.08. The van der Waals surface area contributed by atoms with Crippen molar-refractivity contribution in [1.29, 1.82) is 0 Å². The molecule has 0 bridgehead atoms. The first-order valence-corrected chi connectivity index (χ1v) is 7.81. The van der Waals surface area contributed by atoms with Gasteiger partial charge in [-0.2, -0.15) is 0 Å². The number of carboxylic acids is 1. The fraction of sp³-hybridized carbons (Fsp3) is 0.438. The Morgan fingerprint density at radius 3 is 2.95 bits per heavy atom. The molecule has 2 aromatic rings. The minimum absolute atomic E-state index is 0.342. The third-order valence-electron chi connectivity index (χ3n) is 4.27. The summed E-state index contributed by atoms with van der Waals surface area (Å²) in [6.45, 7) is 4.98. The number of rotatable bonds is 3. The fourth-order valence-corrected chi connectivity index (χ4v) is 3.70. The molecule has 4 heteroatoms. The van der Waals surface area contributed by atoms with Gasteiger partial charge in [0.15, 0.2) is 0 Å². The average molecular weight is 336 g/mol. The second-order valence-electron chi connectivity index (χ2n) is 5.75. The third-order valence-corrected chi connectivity index (χ3v) is 5.27. The van der Waals surface area contributed by atoms with Crippen LogP contribution in [0.5, 0.6) is 0 Å². The van der Waals surface area contributed by atoms with Crippen molar-refractivity contribution >= 4 is 32.8 Å². The summed E-state index contributed by atoms with van der Waals surface area (Å²) in [5, 5.41) is 10.3. The predicted molar refractivity (Wildman–Crippen MR) is 83.2 cm³/mol. The van der Waals surface area contributed by atoms with Gasteiger partial charge < -0.3 is 9.67 Å². The van der Waals surface area contributed by atoms with Gasteiger partial charge in [0.05, 0.1) is 11.4 Å². The highest BCUT2D eigenvalue weighted by atomic mass is 79.9. The van der Waals surface area contributed by atoms with Gasteiger partial charge in [-0.25, -0.2) is 0 Å². The molecule has 2 heterocycles. The lowest BCUT2D eigenvalue weighted by atomic mass is 9.95. The molecule has 1 aliphatic heterocycles. The molecule has 0 aliphatic carbocycles. The summed E-state index contributed by atoms with van der Waals surface area (Å²) in [6, 6.07) is 4.35. The van der Waals surface area contributed by atoms with E-state index in [2.05, 4.69) is 39.6 Å². The molecule has 0 spiro atoms. The molecule has 3 rings (SSSR count). The molecule has 1 atom stereocenters. The summed E-state index contributed by atoms with van der Waals surface area (Å²) >= 11 is 3.70. The molecule has 20 heavy (non-hydrogen) atoms. The number of nitrogens with zero attached hydrogens (tertiary/aromatic N) is 1. The Morgan fingerprint density at radius 1 is 1.50 bits per heavy atom. The number of hydrogen-bond acceptors (Lipinski definition) is 1. The Morgan fingerprint density at radius 2 is 2.25 bits per heavy atom. The van der Waals surface area contributed by atoms with E-state index in [-0.39, 0.29) is 5.92 Å². The lowest BCUT2D eigenvalue weighted by Crippen LogP contribution is -2.13. The van der Waals surface area contributed by atoms with Gasteiger partial charge in [0.25, 0.3) is 0 Å². The monoisotopic (exact) mass is 335 g/mol. The summed E-state index contributed by atoms with van der Waals surface area (Å²) < 4.78 is 3.53. The fourth-order valence-electron chi connectivity index (χ4n) is 3.18. The van der Waals surface area contributed by atoms with Crippen LogP contribution in [0.4, 0.5) is 0 Å². The lowest BCUT2D eigenvalue weighted by molar-refractivity contribution is -0.141. The molecular weight excluding hydrogens is 318 g/mol. The van der Waals surface area contributed by atoms with Gasteiger partial charge in [0.2, 0.25) is 0 Å². The van der Waals surface area contributed by atoms with Gasteiger partial charge in [-0.05, 0) is 59.3 Å². The summed E-state index contributed by atoms with van der Waals surface area (Å²) in [5.74, 6) is -1.07. The van der Waals surface area contributed by atoms with Crippen LogP contribution in [-0.4, -0.2) is 15.6 Å². The molecule has 1 aromatic heterocycles. The van der Waals surface area contributed by atoms with Crippen LogP contribution < -0.4 is 0 Å². The smallest absolute Gasteiger partial charge is 0.306 e. The Balaban J connectivity index is 2.14. The van der Waals surface area contributed by atoms with Crippen molar-refractivity contribution in [2.24, 2.45) is 5.92 Å². The second-order valence-corrected chi connectivity index (χ2v) is 6.54. The number of hydrogen-bond donors (Lipinski definition) is 1. The Bertz CT molecular complexity index is 702. The van der Waals surface area contributed by atoms with Crippen LogP contribution in [0.2, 0.25) is 0 Å². The second kappa shape index (κ2) is 4.92. The van der Waals surface area contributed by atoms with E-state index in [0.29, 0.717) is 6.42 Å². The number of aliphatic carboxylic acids is 1. The maximum Gasteiger partial charge on any atom is 0.306 e. The Labute approximate surface area is 126 Å². The van der Waals surface area contributed by atoms with Crippen LogP contribution in [0, 0.1) is 12.8 Å².